The van der Waals surface area contributed by atoms with Crippen molar-refractivity contribution >= 4 is 11.8 Å². The van der Waals surface area contributed by atoms with Crippen LogP contribution in [0.25, 0.3) is 0 Å². The Kier molecular flexibility index (Phi) is 3.14. The normalized spacial score (nSPS) is 20.2. The van der Waals surface area contributed by atoms with Gasteiger partial charge in [-0.3, -0.25) is 14.9 Å². The highest BCUT2D eigenvalue weighted by Crippen LogP contribution is 2.23. The van der Waals surface area contributed by atoms with Gasteiger partial charge in [0.25, 0.3) is 0 Å². The van der Waals surface area contributed by atoms with Crippen LogP contribution in [0.15, 0.2) is 12.1 Å². The van der Waals surface area contributed by atoms with Gasteiger partial charge in [0.05, 0.1) is 11.6 Å². The van der Waals surface area contributed by atoms with Crippen molar-refractivity contribution in [2.45, 2.75) is 25.3 Å². The van der Waals surface area contributed by atoms with Crippen molar-refractivity contribution in [3.63, 3.8) is 0 Å². The Morgan fingerprint density at radius 2 is 2.24 bits per heavy atom. The highest BCUT2D eigenvalue weighted by molar-refractivity contribution is 6.00. The molecule has 3 N–H and O–H groups in total. The summed E-state index contributed by atoms with van der Waals surface area (Å²) in [4.78, 5) is 26.3. The van der Waals surface area contributed by atoms with Crippen LogP contribution >= 0.6 is 0 Å². The minimum absolute atomic E-state index is 0.0640. The molecule has 0 aliphatic carbocycles. The van der Waals surface area contributed by atoms with Gasteiger partial charge in [0, 0.05) is 18.5 Å². The molecule has 0 spiro atoms. The monoisotopic (exact) mass is 237 g/mol. The second kappa shape index (κ2) is 4.58. The maximum atomic E-state index is 13.4. The van der Waals surface area contributed by atoms with Crippen LogP contribution in [-0.4, -0.2) is 16.8 Å². The van der Waals surface area contributed by atoms with Crippen molar-refractivity contribution in [3.8, 4) is 0 Å². The Morgan fingerprint density at radius 3 is 2.82 bits per heavy atom. The number of halogens is 1. The zero-order chi connectivity index (χ0) is 12.4. The van der Waals surface area contributed by atoms with Crippen LogP contribution in [0.4, 0.5) is 4.39 Å². The van der Waals surface area contributed by atoms with Gasteiger partial charge >= 0.3 is 0 Å². The third kappa shape index (κ3) is 2.31. The summed E-state index contributed by atoms with van der Waals surface area (Å²) in [5.41, 5.74) is 5.96. The molecule has 17 heavy (non-hydrogen) atoms. The summed E-state index contributed by atoms with van der Waals surface area (Å²) in [6.45, 7) is 0.0640. The van der Waals surface area contributed by atoms with E-state index in [2.05, 4.69) is 10.3 Å². The fourth-order valence-corrected chi connectivity index (χ4v) is 1.80. The molecule has 2 amide bonds. The number of hydrogen-bond donors (Lipinski definition) is 2. The molecule has 1 fully saturated rings. The lowest BCUT2D eigenvalue weighted by molar-refractivity contribution is -0.134. The first-order valence-electron chi connectivity index (χ1n) is 5.31. The standard InChI is InChI=1S/C11H12FN3O2/c12-10-6(5-13)1-3-8(14-10)7-2-4-9(16)15-11(7)17/h1,3,7H,2,4-5,13H2,(H,15,16,17). The number of carbonyl (C=O) groups is 2. The predicted octanol–water partition coefficient (Wildman–Crippen LogP) is 0.200. The molecular formula is C11H12FN3O2. The number of nitrogens with two attached hydrogens (primary N) is 1. The van der Waals surface area contributed by atoms with Crippen LogP contribution in [0, 0.1) is 5.95 Å². The molecule has 1 aliphatic rings. The van der Waals surface area contributed by atoms with E-state index in [0.29, 0.717) is 17.7 Å². The molecule has 1 aromatic heterocycles. The molecular weight excluding hydrogens is 225 g/mol. The molecule has 1 aromatic rings. The topological polar surface area (TPSA) is 85.1 Å². The molecule has 1 unspecified atom stereocenters. The molecule has 5 nitrogen and oxygen atoms in total. The van der Waals surface area contributed by atoms with E-state index in [4.69, 9.17) is 5.73 Å². The van der Waals surface area contributed by atoms with Gasteiger partial charge in [-0.05, 0) is 12.5 Å². The van der Waals surface area contributed by atoms with Gasteiger partial charge in [0.1, 0.15) is 0 Å². The van der Waals surface area contributed by atoms with Crippen molar-refractivity contribution in [3.05, 3.63) is 29.3 Å². The molecule has 1 saturated heterocycles. The summed E-state index contributed by atoms with van der Waals surface area (Å²) in [5.74, 6) is -1.94. The van der Waals surface area contributed by atoms with Gasteiger partial charge in [-0.1, -0.05) is 6.07 Å². The Hall–Kier alpha value is -1.82. The second-order valence-electron chi connectivity index (χ2n) is 3.89. The van der Waals surface area contributed by atoms with Crippen molar-refractivity contribution in [2.75, 3.05) is 0 Å². The van der Waals surface area contributed by atoms with E-state index in [9.17, 15) is 14.0 Å². The van der Waals surface area contributed by atoms with Crippen molar-refractivity contribution in [2.24, 2.45) is 5.73 Å². The van der Waals surface area contributed by atoms with Gasteiger partial charge < -0.3 is 5.73 Å². The molecule has 2 rings (SSSR count). The molecule has 0 bridgehead atoms. The van der Waals surface area contributed by atoms with E-state index in [0.717, 1.165) is 0 Å². The lowest BCUT2D eigenvalue weighted by atomic mass is 9.94. The highest BCUT2D eigenvalue weighted by atomic mass is 19.1. The van der Waals surface area contributed by atoms with E-state index in [1.807, 2.05) is 0 Å². The van der Waals surface area contributed by atoms with Crippen molar-refractivity contribution < 1.29 is 14.0 Å². The quantitative estimate of drug-likeness (QED) is 0.568. The Labute approximate surface area is 97.2 Å². The first-order valence-corrected chi connectivity index (χ1v) is 5.31. The van der Waals surface area contributed by atoms with E-state index >= 15 is 0 Å². The Morgan fingerprint density at radius 1 is 1.47 bits per heavy atom. The molecule has 1 aliphatic heterocycles. The molecule has 0 saturated carbocycles. The fraction of sp³-hybridized carbons (Fsp3) is 0.364. The van der Waals surface area contributed by atoms with Crippen molar-refractivity contribution in [1.29, 1.82) is 0 Å². The van der Waals surface area contributed by atoms with Gasteiger partial charge in [-0.2, -0.15) is 4.39 Å². The Bertz CT molecular complexity index is 476. The minimum Gasteiger partial charge on any atom is -0.326 e. The number of nitrogens with one attached hydrogen (secondary N) is 1. The second-order valence-corrected chi connectivity index (χ2v) is 3.89. The predicted molar refractivity (Wildman–Crippen MR) is 57.2 cm³/mol. The number of carbonyl (C=O) groups excluding carboxylic acids is 2. The van der Waals surface area contributed by atoms with E-state index in [1.165, 1.54) is 6.07 Å². The largest absolute Gasteiger partial charge is 0.326 e. The first kappa shape index (κ1) is 11.7. The maximum absolute atomic E-state index is 13.4. The van der Waals surface area contributed by atoms with Gasteiger partial charge in [0.15, 0.2) is 0 Å². The third-order valence-electron chi connectivity index (χ3n) is 2.76. The smallest absolute Gasteiger partial charge is 0.235 e. The number of hydrogen-bond acceptors (Lipinski definition) is 4. The first-order chi connectivity index (χ1) is 8.11. The van der Waals surface area contributed by atoms with Crippen molar-refractivity contribution in [1.82, 2.24) is 10.3 Å². The lowest BCUT2D eigenvalue weighted by Gasteiger charge is -2.20. The zero-order valence-corrected chi connectivity index (χ0v) is 9.07. The summed E-state index contributed by atoms with van der Waals surface area (Å²) >= 11 is 0. The van der Waals surface area contributed by atoms with E-state index in [-0.39, 0.29) is 18.9 Å². The van der Waals surface area contributed by atoms with Gasteiger partial charge in [0.2, 0.25) is 17.8 Å². The van der Waals surface area contributed by atoms with Crippen LogP contribution in [-0.2, 0) is 16.1 Å². The zero-order valence-electron chi connectivity index (χ0n) is 9.07. The number of rotatable bonds is 2. The average molecular weight is 237 g/mol. The number of piperidine rings is 1. The fourth-order valence-electron chi connectivity index (χ4n) is 1.80. The number of aromatic nitrogens is 1. The molecule has 0 aromatic carbocycles. The van der Waals surface area contributed by atoms with Crippen LogP contribution in [0.5, 0.6) is 0 Å². The average Bonchev–Trinajstić information content (AvgIpc) is 2.29. The van der Waals surface area contributed by atoms with E-state index < -0.39 is 17.8 Å². The maximum Gasteiger partial charge on any atom is 0.235 e. The molecule has 2 heterocycles. The Balaban J connectivity index is 2.25. The van der Waals surface area contributed by atoms with Gasteiger partial charge in [-0.25, -0.2) is 4.98 Å². The number of amides is 2. The SMILES string of the molecule is NCc1ccc(C2CCC(=O)NC2=O)nc1F. The van der Waals surface area contributed by atoms with Crippen LogP contribution < -0.4 is 11.1 Å². The highest BCUT2D eigenvalue weighted by Gasteiger charge is 2.29. The van der Waals surface area contributed by atoms with Crippen LogP contribution in [0.3, 0.4) is 0 Å². The van der Waals surface area contributed by atoms with Gasteiger partial charge in [-0.15, -0.1) is 0 Å². The summed E-state index contributed by atoms with van der Waals surface area (Å²) in [6.07, 6.45) is 0.609. The molecule has 0 radical (unpaired) electrons. The number of nitrogens with zero attached hydrogens (tertiary/aromatic N) is 1. The number of pyridine rings is 1. The van der Waals surface area contributed by atoms with Crippen LogP contribution in [0.2, 0.25) is 0 Å². The summed E-state index contributed by atoms with van der Waals surface area (Å²) in [6, 6.07) is 3.09. The number of imide groups is 1. The van der Waals surface area contributed by atoms with E-state index in [1.54, 1.807) is 6.07 Å². The minimum atomic E-state index is -0.658. The summed E-state index contributed by atoms with van der Waals surface area (Å²) in [5, 5.41) is 2.21. The summed E-state index contributed by atoms with van der Waals surface area (Å²) in [7, 11) is 0. The third-order valence-corrected chi connectivity index (χ3v) is 2.76. The molecule has 6 heteroatoms. The van der Waals surface area contributed by atoms with Crippen LogP contribution in [0.1, 0.15) is 30.0 Å². The lowest BCUT2D eigenvalue weighted by Crippen LogP contribution is -2.39. The molecule has 1 atom stereocenters. The molecule has 90 valence electrons. The summed E-state index contributed by atoms with van der Waals surface area (Å²) < 4.78 is 13.4.